The van der Waals surface area contributed by atoms with Gasteiger partial charge in [-0.1, -0.05) is 27.7 Å². The number of nitrogens with one attached hydrogen (secondary N) is 2. The summed E-state index contributed by atoms with van der Waals surface area (Å²) in [6.07, 6.45) is 1.85. The molecule has 1 aliphatic rings. The first-order valence-electron chi connectivity index (χ1n) is 12.0. The van der Waals surface area contributed by atoms with Crippen LogP contribution >= 0.6 is 0 Å². The standard InChI is InChI=1S/C25H42N4O4S/c1-14(2)21(30)20(28-15(3)4)11-10-12-27-24(26)29-34(31,32)23-17(6)16(5)22-19(18(23)7)13-25(8,9)33-22/h14-15,20,28H,10-13H2,1-9H3,(H3,26,27,29). The second-order valence-corrected chi connectivity index (χ2v) is 12.1. The highest BCUT2D eigenvalue weighted by atomic mass is 32.2. The number of sulfonamides is 1. The third kappa shape index (κ3) is 6.50. The average Bonchev–Trinajstić information content (AvgIpc) is 3.03. The summed E-state index contributed by atoms with van der Waals surface area (Å²) in [5.41, 5.74) is 8.64. The van der Waals surface area contributed by atoms with Crippen molar-refractivity contribution in [2.45, 2.75) is 104 Å². The van der Waals surface area contributed by atoms with E-state index in [2.05, 4.69) is 15.0 Å². The van der Waals surface area contributed by atoms with E-state index in [1.807, 2.05) is 55.4 Å². The fraction of sp³-hybridized carbons (Fsp3) is 0.680. The zero-order valence-corrected chi connectivity index (χ0v) is 22.9. The van der Waals surface area contributed by atoms with E-state index in [0.29, 0.717) is 36.9 Å². The number of ketones is 1. The van der Waals surface area contributed by atoms with Crippen molar-refractivity contribution < 1.29 is 17.9 Å². The Kier molecular flexibility index (Phi) is 8.80. The van der Waals surface area contributed by atoms with Crippen molar-refractivity contribution >= 4 is 21.8 Å². The molecular weight excluding hydrogens is 452 g/mol. The van der Waals surface area contributed by atoms with Crippen molar-refractivity contribution in [3.8, 4) is 5.75 Å². The van der Waals surface area contributed by atoms with Gasteiger partial charge in [0.2, 0.25) is 5.96 Å². The highest BCUT2D eigenvalue weighted by Gasteiger charge is 2.36. The Morgan fingerprint density at radius 2 is 1.74 bits per heavy atom. The fourth-order valence-electron chi connectivity index (χ4n) is 4.48. The van der Waals surface area contributed by atoms with Gasteiger partial charge in [0.05, 0.1) is 10.9 Å². The summed E-state index contributed by atoms with van der Waals surface area (Å²) < 4.78 is 35.0. The Labute approximate surface area is 205 Å². The molecule has 0 amide bonds. The predicted octanol–water partition coefficient (Wildman–Crippen LogP) is 3.29. The third-order valence-corrected chi connectivity index (χ3v) is 7.81. The molecule has 8 nitrogen and oxygen atoms in total. The highest BCUT2D eigenvalue weighted by molar-refractivity contribution is 7.90. The molecule has 2 rings (SSSR count). The summed E-state index contributed by atoms with van der Waals surface area (Å²) in [4.78, 5) is 16.9. The molecule has 1 aliphatic heterocycles. The quantitative estimate of drug-likeness (QED) is 0.261. The van der Waals surface area contributed by atoms with Crippen LogP contribution in [-0.4, -0.2) is 44.4 Å². The van der Waals surface area contributed by atoms with Gasteiger partial charge >= 0.3 is 0 Å². The third-order valence-electron chi connectivity index (χ3n) is 6.18. The normalized spacial score (nSPS) is 16.5. The summed E-state index contributed by atoms with van der Waals surface area (Å²) in [5, 5.41) is 3.30. The molecule has 4 N–H and O–H groups in total. The van der Waals surface area contributed by atoms with Crippen molar-refractivity contribution in [3.05, 3.63) is 22.3 Å². The van der Waals surface area contributed by atoms with Crippen LogP contribution in [0.3, 0.4) is 0 Å². The monoisotopic (exact) mass is 494 g/mol. The van der Waals surface area contributed by atoms with Crippen LogP contribution in [0.1, 0.15) is 76.6 Å². The molecule has 0 saturated heterocycles. The Bertz CT molecular complexity index is 1060. The molecule has 34 heavy (non-hydrogen) atoms. The first kappa shape index (κ1) is 28.1. The number of carbonyl (C=O) groups is 1. The van der Waals surface area contributed by atoms with E-state index < -0.39 is 10.0 Å². The van der Waals surface area contributed by atoms with E-state index >= 15 is 0 Å². The SMILES string of the molecule is Cc1c(C)c(S(=O)(=O)NC(N)=NCCCC(NC(C)C)C(=O)C(C)C)c(C)c2c1OC(C)(C)C2. The summed E-state index contributed by atoms with van der Waals surface area (Å²) >= 11 is 0. The van der Waals surface area contributed by atoms with Crippen LogP contribution in [0.5, 0.6) is 5.75 Å². The van der Waals surface area contributed by atoms with E-state index in [1.54, 1.807) is 6.92 Å². The van der Waals surface area contributed by atoms with Crippen molar-refractivity contribution in [1.29, 1.82) is 0 Å². The molecular formula is C25H42N4O4S. The average molecular weight is 495 g/mol. The number of nitrogens with two attached hydrogens (primary N) is 1. The van der Waals surface area contributed by atoms with E-state index in [1.165, 1.54) is 0 Å². The number of Topliss-reactive ketones (excluding diaryl/α,β-unsaturated/α-hetero) is 1. The lowest BCUT2D eigenvalue weighted by Gasteiger charge is -2.21. The number of hydrogen-bond donors (Lipinski definition) is 3. The summed E-state index contributed by atoms with van der Waals surface area (Å²) in [6, 6.07) is -0.0643. The highest BCUT2D eigenvalue weighted by Crippen LogP contribution is 2.43. The van der Waals surface area contributed by atoms with Crippen LogP contribution in [0.25, 0.3) is 0 Å². The Morgan fingerprint density at radius 3 is 2.29 bits per heavy atom. The van der Waals surface area contributed by atoms with E-state index in [9.17, 15) is 13.2 Å². The largest absolute Gasteiger partial charge is 0.487 e. The Balaban J connectivity index is 2.14. The number of nitrogens with zero attached hydrogens (tertiary/aromatic N) is 1. The molecule has 1 aromatic rings. The molecule has 0 aliphatic carbocycles. The molecule has 1 aromatic carbocycles. The van der Waals surface area contributed by atoms with Gasteiger partial charge in [0.25, 0.3) is 10.0 Å². The van der Waals surface area contributed by atoms with Gasteiger partial charge in [0.15, 0.2) is 5.78 Å². The van der Waals surface area contributed by atoms with Crippen LogP contribution in [-0.2, 0) is 21.2 Å². The lowest BCUT2D eigenvalue weighted by Crippen LogP contribution is -2.43. The maximum absolute atomic E-state index is 13.3. The molecule has 9 heteroatoms. The number of carbonyl (C=O) groups excluding carboxylic acids is 1. The summed E-state index contributed by atoms with van der Waals surface area (Å²) in [5.74, 6) is 0.726. The van der Waals surface area contributed by atoms with E-state index in [0.717, 1.165) is 16.9 Å². The minimum Gasteiger partial charge on any atom is -0.487 e. The maximum Gasteiger partial charge on any atom is 0.264 e. The van der Waals surface area contributed by atoms with Crippen LogP contribution < -0.4 is 20.5 Å². The molecule has 1 heterocycles. The van der Waals surface area contributed by atoms with Gasteiger partial charge in [-0.15, -0.1) is 0 Å². The van der Waals surface area contributed by atoms with Crippen molar-refractivity contribution in [2.24, 2.45) is 16.6 Å². The molecule has 0 spiro atoms. The smallest absolute Gasteiger partial charge is 0.264 e. The van der Waals surface area contributed by atoms with E-state index in [4.69, 9.17) is 10.5 Å². The second-order valence-electron chi connectivity index (χ2n) is 10.5. The Hall–Kier alpha value is -2.13. The molecule has 0 saturated carbocycles. The minimum atomic E-state index is -3.92. The number of rotatable bonds is 10. The second kappa shape index (κ2) is 10.6. The van der Waals surface area contributed by atoms with Crippen LogP contribution in [0.2, 0.25) is 0 Å². The van der Waals surface area contributed by atoms with Crippen LogP contribution in [0, 0.1) is 26.7 Å². The molecule has 1 atom stereocenters. The maximum atomic E-state index is 13.3. The summed E-state index contributed by atoms with van der Waals surface area (Å²) in [6.45, 7) is 17.6. The number of hydrogen-bond acceptors (Lipinski definition) is 6. The van der Waals surface area contributed by atoms with Gasteiger partial charge in [0, 0.05) is 30.5 Å². The van der Waals surface area contributed by atoms with Gasteiger partial charge in [-0.25, -0.2) is 13.1 Å². The van der Waals surface area contributed by atoms with Gasteiger partial charge < -0.3 is 15.8 Å². The first-order valence-corrected chi connectivity index (χ1v) is 13.5. The Morgan fingerprint density at radius 1 is 1.12 bits per heavy atom. The molecule has 192 valence electrons. The first-order chi connectivity index (χ1) is 15.6. The van der Waals surface area contributed by atoms with Crippen molar-refractivity contribution in [1.82, 2.24) is 10.0 Å². The molecule has 0 bridgehead atoms. The lowest BCUT2D eigenvalue weighted by atomic mass is 9.94. The lowest BCUT2D eigenvalue weighted by molar-refractivity contribution is -0.124. The molecule has 0 aromatic heterocycles. The fourth-order valence-corrected chi connectivity index (χ4v) is 6.00. The topological polar surface area (TPSA) is 123 Å². The van der Waals surface area contributed by atoms with Crippen molar-refractivity contribution in [3.63, 3.8) is 0 Å². The van der Waals surface area contributed by atoms with Crippen LogP contribution in [0.15, 0.2) is 9.89 Å². The predicted molar refractivity (Wildman–Crippen MR) is 137 cm³/mol. The number of fused-ring (bicyclic) bond motifs is 1. The van der Waals surface area contributed by atoms with Gasteiger partial charge in [-0.2, -0.15) is 0 Å². The number of ether oxygens (including phenoxy) is 1. The van der Waals surface area contributed by atoms with E-state index in [-0.39, 0.29) is 40.2 Å². The summed E-state index contributed by atoms with van der Waals surface area (Å²) in [7, 11) is -3.92. The number of guanidine groups is 1. The zero-order valence-electron chi connectivity index (χ0n) is 22.1. The van der Waals surface area contributed by atoms with Gasteiger partial charge in [-0.05, 0) is 64.2 Å². The molecule has 1 unspecified atom stereocenters. The van der Waals surface area contributed by atoms with Crippen LogP contribution in [0.4, 0.5) is 0 Å². The van der Waals surface area contributed by atoms with Gasteiger partial charge in [0.1, 0.15) is 11.4 Å². The number of benzene rings is 1. The zero-order chi connectivity index (χ0) is 26.0. The van der Waals surface area contributed by atoms with Gasteiger partial charge in [-0.3, -0.25) is 9.79 Å². The minimum absolute atomic E-state index is 0.0603. The molecule has 0 fully saturated rings. The van der Waals surface area contributed by atoms with Crippen molar-refractivity contribution in [2.75, 3.05) is 6.54 Å². The number of aliphatic imine (C=N–C) groups is 1. The molecule has 0 radical (unpaired) electrons.